The maximum atomic E-state index is 12.4. The summed E-state index contributed by atoms with van der Waals surface area (Å²) in [7, 11) is 3.11. The molecule has 0 aliphatic carbocycles. The minimum Gasteiger partial charge on any atom is -0.493 e. The Bertz CT molecular complexity index is 1060. The smallest absolute Gasteiger partial charge is 0.267 e. The number of benzene rings is 2. The summed E-state index contributed by atoms with van der Waals surface area (Å²) in [6.07, 6.45) is 1.98. The summed E-state index contributed by atoms with van der Waals surface area (Å²) >= 11 is 1.62. The van der Waals surface area contributed by atoms with E-state index < -0.39 is 0 Å². The van der Waals surface area contributed by atoms with Crippen LogP contribution in [0.15, 0.2) is 64.3 Å². The van der Waals surface area contributed by atoms with Gasteiger partial charge in [0, 0.05) is 22.2 Å². The van der Waals surface area contributed by atoms with Crippen molar-refractivity contribution in [1.29, 1.82) is 0 Å². The van der Waals surface area contributed by atoms with E-state index >= 15 is 0 Å². The molecular formula is C21H21N3O4S. The van der Waals surface area contributed by atoms with Gasteiger partial charge in [-0.3, -0.25) is 9.59 Å². The highest BCUT2D eigenvalue weighted by atomic mass is 32.2. The maximum Gasteiger partial charge on any atom is 0.267 e. The SMILES string of the molecule is COc1ccc(-c2ccc(=O)n(CC(=O)Nc3ccc(SC)cc3)n2)cc1OC. The molecule has 0 radical (unpaired) electrons. The summed E-state index contributed by atoms with van der Waals surface area (Å²) in [6.45, 7) is -0.190. The molecule has 0 saturated heterocycles. The second-order valence-electron chi connectivity index (χ2n) is 6.06. The van der Waals surface area contributed by atoms with Crippen LogP contribution in [0.25, 0.3) is 11.3 Å². The number of hydrogen-bond acceptors (Lipinski definition) is 6. The zero-order valence-corrected chi connectivity index (χ0v) is 17.2. The van der Waals surface area contributed by atoms with Crippen LogP contribution in [0.2, 0.25) is 0 Å². The molecule has 1 aromatic heterocycles. The van der Waals surface area contributed by atoms with Crippen molar-refractivity contribution in [3.8, 4) is 22.8 Å². The summed E-state index contributed by atoms with van der Waals surface area (Å²) in [5, 5.41) is 7.10. The van der Waals surface area contributed by atoms with Crippen molar-refractivity contribution in [2.75, 3.05) is 25.8 Å². The molecule has 8 heteroatoms. The van der Waals surface area contributed by atoms with E-state index in [2.05, 4.69) is 10.4 Å². The summed E-state index contributed by atoms with van der Waals surface area (Å²) in [6, 6.07) is 15.8. The highest BCUT2D eigenvalue weighted by Crippen LogP contribution is 2.31. The fraction of sp³-hybridized carbons (Fsp3) is 0.190. The molecule has 7 nitrogen and oxygen atoms in total. The third-order valence-corrected chi connectivity index (χ3v) is 4.96. The second-order valence-corrected chi connectivity index (χ2v) is 6.94. The summed E-state index contributed by atoms with van der Waals surface area (Å²) in [5.41, 5.74) is 1.59. The van der Waals surface area contributed by atoms with Crippen LogP contribution in [-0.4, -0.2) is 36.2 Å². The topological polar surface area (TPSA) is 82.5 Å². The summed E-state index contributed by atoms with van der Waals surface area (Å²) in [5.74, 6) is 0.813. The number of ether oxygens (including phenoxy) is 2. The second kappa shape index (κ2) is 9.29. The van der Waals surface area contributed by atoms with Crippen LogP contribution >= 0.6 is 11.8 Å². The molecule has 0 aliphatic heterocycles. The van der Waals surface area contributed by atoms with Gasteiger partial charge in [0.1, 0.15) is 6.54 Å². The van der Waals surface area contributed by atoms with Gasteiger partial charge in [-0.05, 0) is 54.8 Å². The van der Waals surface area contributed by atoms with Crippen molar-refractivity contribution in [2.45, 2.75) is 11.4 Å². The molecule has 150 valence electrons. The number of nitrogens with zero attached hydrogens (tertiary/aromatic N) is 2. The van der Waals surface area contributed by atoms with Crippen LogP contribution in [0.3, 0.4) is 0 Å². The molecule has 3 rings (SSSR count). The molecule has 0 atom stereocenters. The molecule has 0 unspecified atom stereocenters. The third-order valence-electron chi connectivity index (χ3n) is 4.21. The third kappa shape index (κ3) is 4.97. The zero-order valence-electron chi connectivity index (χ0n) is 16.3. The Morgan fingerprint density at radius 3 is 2.41 bits per heavy atom. The first-order valence-corrected chi connectivity index (χ1v) is 10.0. The van der Waals surface area contributed by atoms with Gasteiger partial charge in [-0.25, -0.2) is 4.68 Å². The van der Waals surface area contributed by atoms with Gasteiger partial charge in [-0.2, -0.15) is 5.10 Å². The average molecular weight is 411 g/mol. The van der Waals surface area contributed by atoms with Crippen LogP contribution in [0.4, 0.5) is 5.69 Å². The normalized spacial score (nSPS) is 10.4. The van der Waals surface area contributed by atoms with E-state index in [1.165, 1.54) is 6.07 Å². The van der Waals surface area contributed by atoms with Crippen molar-refractivity contribution in [3.05, 3.63) is 65.0 Å². The van der Waals surface area contributed by atoms with Gasteiger partial charge in [0.2, 0.25) is 5.91 Å². The van der Waals surface area contributed by atoms with E-state index in [0.717, 1.165) is 15.1 Å². The average Bonchev–Trinajstić information content (AvgIpc) is 2.75. The predicted octanol–water partition coefficient (Wildman–Crippen LogP) is 3.29. The molecule has 2 aromatic carbocycles. The number of thioether (sulfide) groups is 1. The number of hydrogen-bond donors (Lipinski definition) is 1. The predicted molar refractivity (Wildman–Crippen MR) is 114 cm³/mol. The van der Waals surface area contributed by atoms with E-state index in [9.17, 15) is 9.59 Å². The Morgan fingerprint density at radius 1 is 1.03 bits per heavy atom. The Kier molecular flexibility index (Phi) is 6.56. The van der Waals surface area contributed by atoms with Gasteiger partial charge in [-0.1, -0.05) is 0 Å². The van der Waals surface area contributed by atoms with E-state index in [0.29, 0.717) is 22.9 Å². The molecule has 1 N–H and O–H groups in total. The Hall–Kier alpha value is -3.26. The number of carbonyl (C=O) groups excluding carboxylic acids is 1. The van der Waals surface area contributed by atoms with E-state index in [-0.39, 0.29) is 18.0 Å². The number of amides is 1. The lowest BCUT2D eigenvalue weighted by molar-refractivity contribution is -0.117. The number of nitrogens with one attached hydrogen (secondary N) is 1. The van der Waals surface area contributed by atoms with Gasteiger partial charge in [0.25, 0.3) is 5.56 Å². The zero-order chi connectivity index (χ0) is 20.8. The molecule has 0 aliphatic rings. The standard InChI is InChI=1S/C21H21N3O4S/c1-27-18-10-4-14(12-19(18)28-2)17-9-11-21(26)24(23-17)13-20(25)22-15-5-7-16(29-3)8-6-15/h4-12H,13H2,1-3H3,(H,22,25). The maximum absolute atomic E-state index is 12.4. The summed E-state index contributed by atoms with van der Waals surface area (Å²) < 4.78 is 11.7. The quantitative estimate of drug-likeness (QED) is 0.601. The van der Waals surface area contributed by atoms with Crippen LogP contribution in [-0.2, 0) is 11.3 Å². The highest BCUT2D eigenvalue weighted by molar-refractivity contribution is 7.98. The first kappa shape index (κ1) is 20.5. The van der Waals surface area contributed by atoms with Gasteiger partial charge >= 0.3 is 0 Å². The lowest BCUT2D eigenvalue weighted by atomic mass is 10.1. The number of aromatic nitrogens is 2. The lowest BCUT2D eigenvalue weighted by Gasteiger charge is -2.11. The van der Waals surface area contributed by atoms with Gasteiger partial charge in [-0.15, -0.1) is 11.8 Å². The van der Waals surface area contributed by atoms with Crippen molar-refractivity contribution < 1.29 is 14.3 Å². The van der Waals surface area contributed by atoms with Gasteiger partial charge in [0.15, 0.2) is 11.5 Å². The van der Waals surface area contributed by atoms with Gasteiger partial charge in [0.05, 0.1) is 19.9 Å². The van der Waals surface area contributed by atoms with Gasteiger partial charge < -0.3 is 14.8 Å². The highest BCUT2D eigenvalue weighted by Gasteiger charge is 2.11. The first-order chi connectivity index (χ1) is 14.0. The van der Waals surface area contributed by atoms with Crippen molar-refractivity contribution in [3.63, 3.8) is 0 Å². The largest absolute Gasteiger partial charge is 0.493 e. The molecule has 0 spiro atoms. The minimum absolute atomic E-state index is 0.190. The fourth-order valence-corrected chi connectivity index (χ4v) is 3.13. The number of anilines is 1. The first-order valence-electron chi connectivity index (χ1n) is 8.78. The summed E-state index contributed by atoms with van der Waals surface area (Å²) in [4.78, 5) is 25.6. The number of methoxy groups -OCH3 is 2. The molecular weight excluding hydrogens is 390 g/mol. The van der Waals surface area contributed by atoms with E-state index in [4.69, 9.17) is 9.47 Å². The Morgan fingerprint density at radius 2 is 1.76 bits per heavy atom. The van der Waals surface area contributed by atoms with Crippen molar-refractivity contribution in [1.82, 2.24) is 9.78 Å². The number of carbonyl (C=O) groups is 1. The number of rotatable bonds is 7. The molecule has 0 saturated carbocycles. The fourth-order valence-electron chi connectivity index (χ4n) is 2.72. The lowest BCUT2D eigenvalue weighted by Crippen LogP contribution is -2.29. The Labute approximate surface area is 172 Å². The Balaban J connectivity index is 1.80. The van der Waals surface area contributed by atoms with Crippen molar-refractivity contribution >= 4 is 23.4 Å². The molecule has 1 amide bonds. The minimum atomic E-state index is -0.359. The van der Waals surface area contributed by atoms with Crippen LogP contribution in [0.5, 0.6) is 11.5 Å². The van der Waals surface area contributed by atoms with E-state index in [1.807, 2.05) is 36.6 Å². The van der Waals surface area contributed by atoms with E-state index in [1.54, 1.807) is 44.2 Å². The van der Waals surface area contributed by atoms with Crippen molar-refractivity contribution in [2.24, 2.45) is 0 Å². The molecule has 1 heterocycles. The molecule has 3 aromatic rings. The molecule has 0 bridgehead atoms. The monoisotopic (exact) mass is 411 g/mol. The van der Waals surface area contributed by atoms with Crippen LogP contribution in [0.1, 0.15) is 0 Å². The van der Waals surface area contributed by atoms with Crippen LogP contribution < -0.4 is 20.3 Å². The van der Waals surface area contributed by atoms with Crippen LogP contribution in [0, 0.1) is 0 Å². The molecule has 0 fully saturated rings. The molecule has 29 heavy (non-hydrogen) atoms.